The minimum Gasteiger partial charge on any atom is -0.494 e. The molecule has 2 N–H and O–H groups in total. The van der Waals surface area contributed by atoms with Gasteiger partial charge in [-0.2, -0.15) is 0 Å². The van der Waals surface area contributed by atoms with Crippen molar-refractivity contribution in [1.29, 1.82) is 0 Å². The highest BCUT2D eigenvalue weighted by Gasteiger charge is 2.22. The van der Waals surface area contributed by atoms with Gasteiger partial charge >= 0.3 is 5.97 Å². The number of nitrogens with two attached hydrogens (primary N) is 1. The highest BCUT2D eigenvalue weighted by atomic mass is 19.1. The summed E-state index contributed by atoms with van der Waals surface area (Å²) in [4.78, 5) is 11.2. The van der Waals surface area contributed by atoms with Crippen molar-refractivity contribution in [3.05, 3.63) is 29.3 Å². The topological polar surface area (TPSA) is 61.5 Å². The normalized spacial score (nSPS) is 12.1. The lowest BCUT2D eigenvalue weighted by Crippen LogP contribution is -2.20. The SMILES string of the molecule is CCOC(=O)C[C@H](N)c1c(F)ccc(OC)c1F. The van der Waals surface area contributed by atoms with Crippen molar-refractivity contribution < 1.29 is 23.0 Å². The molecule has 0 aliphatic heterocycles. The zero-order chi connectivity index (χ0) is 13.7. The number of carbonyl (C=O) groups excluding carboxylic acids is 1. The van der Waals surface area contributed by atoms with Crippen molar-refractivity contribution in [2.24, 2.45) is 5.73 Å². The number of benzene rings is 1. The van der Waals surface area contributed by atoms with E-state index in [1.807, 2.05) is 0 Å². The number of esters is 1. The lowest BCUT2D eigenvalue weighted by molar-refractivity contribution is -0.143. The van der Waals surface area contributed by atoms with Crippen molar-refractivity contribution in [1.82, 2.24) is 0 Å². The van der Waals surface area contributed by atoms with E-state index in [1.165, 1.54) is 7.11 Å². The van der Waals surface area contributed by atoms with E-state index in [1.54, 1.807) is 6.92 Å². The molecule has 18 heavy (non-hydrogen) atoms. The van der Waals surface area contributed by atoms with E-state index in [4.69, 9.17) is 10.5 Å². The van der Waals surface area contributed by atoms with Crippen molar-refractivity contribution >= 4 is 5.97 Å². The number of rotatable bonds is 5. The minimum atomic E-state index is -1.11. The molecule has 0 radical (unpaired) electrons. The summed E-state index contributed by atoms with van der Waals surface area (Å²) in [5.74, 6) is -2.43. The Morgan fingerprint density at radius 2 is 2.11 bits per heavy atom. The predicted molar refractivity (Wildman–Crippen MR) is 61.1 cm³/mol. The Hall–Kier alpha value is -1.69. The van der Waals surface area contributed by atoms with Gasteiger partial charge in [-0.05, 0) is 19.1 Å². The molecule has 1 aromatic rings. The summed E-state index contributed by atoms with van der Waals surface area (Å²) in [7, 11) is 1.26. The summed E-state index contributed by atoms with van der Waals surface area (Å²) in [5, 5.41) is 0. The second kappa shape index (κ2) is 6.30. The third-order valence-electron chi connectivity index (χ3n) is 2.37. The van der Waals surface area contributed by atoms with Crippen LogP contribution < -0.4 is 10.5 Å². The highest BCUT2D eigenvalue weighted by molar-refractivity contribution is 5.70. The van der Waals surface area contributed by atoms with Gasteiger partial charge in [0.2, 0.25) is 0 Å². The van der Waals surface area contributed by atoms with Crippen LogP contribution in [0.2, 0.25) is 0 Å². The number of ether oxygens (including phenoxy) is 2. The highest BCUT2D eigenvalue weighted by Crippen LogP contribution is 2.28. The van der Waals surface area contributed by atoms with Crippen LogP contribution in [-0.2, 0) is 9.53 Å². The second-order valence-electron chi connectivity index (χ2n) is 3.59. The fourth-order valence-electron chi connectivity index (χ4n) is 1.55. The summed E-state index contributed by atoms with van der Waals surface area (Å²) >= 11 is 0. The number of hydrogen-bond donors (Lipinski definition) is 1. The van der Waals surface area contributed by atoms with Gasteiger partial charge in [0, 0.05) is 11.6 Å². The number of carbonyl (C=O) groups is 1. The van der Waals surface area contributed by atoms with Crippen molar-refractivity contribution in [3.63, 3.8) is 0 Å². The maximum Gasteiger partial charge on any atom is 0.307 e. The number of halogens is 2. The van der Waals surface area contributed by atoms with E-state index in [0.29, 0.717) is 0 Å². The molecule has 0 saturated carbocycles. The van der Waals surface area contributed by atoms with E-state index in [0.717, 1.165) is 12.1 Å². The fourth-order valence-corrected chi connectivity index (χ4v) is 1.55. The van der Waals surface area contributed by atoms with Crippen LogP contribution in [0.1, 0.15) is 24.9 Å². The summed E-state index contributed by atoms with van der Waals surface area (Å²) in [6.45, 7) is 1.82. The summed E-state index contributed by atoms with van der Waals surface area (Å²) in [6, 6.07) is 1.09. The molecule has 6 heteroatoms. The summed E-state index contributed by atoms with van der Waals surface area (Å²) in [6.07, 6.45) is -0.297. The van der Waals surface area contributed by atoms with Crippen LogP contribution in [0.5, 0.6) is 5.75 Å². The largest absolute Gasteiger partial charge is 0.494 e. The van der Waals surface area contributed by atoms with E-state index < -0.39 is 23.6 Å². The third kappa shape index (κ3) is 3.16. The first kappa shape index (κ1) is 14.4. The summed E-state index contributed by atoms with van der Waals surface area (Å²) < 4.78 is 36.8. The molecule has 0 unspecified atom stereocenters. The monoisotopic (exact) mass is 259 g/mol. The Balaban J connectivity index is 2.97. The zero-order valence-electron chi connectivity index (χ0n) is 10.2. The van der Waals surface area contributed by atoms with Crippen LogP contribution >= 0.6 is 0 Å². The molecular weight excluding hydrogens is 244 g/mol. The standard InChI is InChI=1S/C12H15F2NO3/c1-3-18-10(16)6-8(15)11-7(13)4-5-9(17-2)12(11)14/h4-5,8H,3,6,15H2,1-2H3/t8-/m0/s1. The maximum atomic E-state index is 13.8. The Labute approximate surface area is 104 Å². The van der Waals surface area contributed by atoms with Gasteiger partial charge in [-0.1, -0.05) is 0 Å². The van der Waals surface area contributed by atoms with Crippen molar-refractivity contribution in [2.75, 3.05) is 13.7 Å². The van der Waals surface area contributed by atoms with Crippen LogP contribution in [0, 0.1) is 11.6 Å². The van der Waals surface area contributed by atoms with Gasteiger partial charge in [0.25, 0.3) is 0 Å². The van der Waals surface area contributed by atoms with Crippen molar-refractivity contribution in [3.8, 4) is 5.75 Å². The summed E-state index contributed by atoms with van der Waals surface area (Å²) in [5.41, 5.74) is 5.24. The van der Waals surface area contributed by atoms with Gasteiger partial charge in [-0.15, -0.1) is 0 Å². The molecule has 0 saturated heterocycles. The first-order valence-corrected chi connectivity index (χ1v) is 5.44. The Morgan fingerprint density at radius 3 is 2.67 bits per heavy atom. The molecule has 0 fully saturated rings. The predicted octanol–water partition coefficient (Wildman–Crippen LogP) is 1.93. The molecule has 4 nitrogen and oxygen atoms in total. The number of hydrogen-bond acceptors (Lipinski definition) is 4. The van der Waals surface area contributed by atoms with Crippen LogP contribution in [0.4, 0.5) is 8.78 Å². The second-order valence-corrected chi connectivity index (χ2v) is 3.59. The average Bonchev–Trinajstić information content (AvgIpc) is 2.29. The quantitative estimate of drug-likeness (QED) is 0.821. The van der Waals surface area contributed by atoms with Gasteiger partial charge in [-0.3, -0.25) is 4.79 Å². The fraction of sp³-hybridized carbons (Fsp3) is 0.417. The molecule has 0 amide bonds. The molecule has 1 atom stereocenters. The lowest BCUT2D eigenvalue weighted by atomic mass is 10.0. The first-order valence-electron chi connectivity index (χ1n) is 5.44. The molecule has 1 rings (SSSR count). The molecule has 0 aromatic heterocycles. The molecule has 0 heterocycles. The van der Waals surface area contributed by atoms with Gasteiger partial charge in [0.1, 0.15) is 5.82 Å². The molecule has 0 aliphatic carbocycles. The Kier molecular flexibility index (Phi) is 5.03. The molecule has 1 aromatic carbocycles. The van der Waals surface area contributed by atoms with Gasteiger partial charge < -0.3 is 15.2 Å². The van der Waals surface area contributed by atoms with Crippen LogP contribution in [-0.4, -0.2) is 19.7 Å². The maximum absolute atomic E-state index is 13.8. The Bertz CT molecular complexity index is 438. The Morgan fingerprint density at radius 1 is 1.44 bits per heavy atom. The molecule has 0 aliphatic rings. The zero-order valence-corrected chi connectivity index (χ0v) is 10.2. The van der Waals surface area contributed by atoms with E-state index >= 15 is 0 Å². The minimum absolute atomic E-state index is 0.120. The van der Waals surface area contributed by atoms with Gasteiger partial charge in [-0.25, -0.2) is 8.78 Å². The van der Waals surface area contributed by atoms with E-state index in [-0.39, 0.29) is 24.3 Å². The lowest BCUT2D eigenvalue weighted by Gasteiger charge is -2.14. The third-order valence-corrected chi connectivity index (χ3v) is 2.37. The van der Waals surface area contributed by atoms with E-state index in [9.17, 15) is 13.6 Å². The van der Waals surface area contributed by atoms with Crippen LogP contribution in [0.25, 0.3) is 0 Å². The first-order chi connectivity index (χ1) is 8.51. The molecule has 0 bridgehead atoms. The molecular formula is C12H15F2NO3. The average molecular weight is 259 g/mol. The molecule has 100 valence electrons. The van der Waals surface area contributed by atoms with Gasteiger partial charge in [0.05, 0.1) is 20.1 Å². The van der Waals surface area contributed by atoms with Crippen LogP contribution in [0.15, 0.2) is 12.1 Å². The smallest absolute Gasteiger partial charge is 0.307 e. The van der Waals surface area contributed by atoms with E-state index in [2.05, 4.69) is 4.74 Å². The number of methoxy groups -OCH3 is 1. The molecule has 0 spiro atoms. The van der Waals surface area contributed by atoms with Crippen molar-refractivity contribution in [2.45, 2.75) is 19.4 Å². The van der Waals surface area contributed by atoms with Gasteiger partial charge in [0.15, 0.2) is 11.6 Å². The van der Waals surface area contributed by atoms with Crippen LogP contribution in [0.3, 0.4) is 0 Å².